The van der Waals surface area contributed by atoms with Crippen LogP contribution in [-0.4, -0.2) is 14.8 Å². The van der Waals surface area contributed by atoms with Crippen LogP contribution >= 0.6 is 11.6 Å². The van der Waals surface area contributed by atoms with Crippen LogP contribution in [0, 0.1) is 0 Å². The van der Waals surface area contributed by atoms with Gasteiger partial charge in [0.05, 0.1) is 30.2 Å². The minimum Gasteiger partial charge on any atom is -0.374 e. The fourth-order valence-electron chi connectivity index (χ4n) is 2.37. The number of aromatic nitrogens is 3. The summed E-state index contributed by atoms with van der Waals surface area (Å²) in [4.78, 5) is 16.7. The highest BCUT2D eigenvalue weighted by Crippen LogP contribution is 2.21. The summed E-state index contributed by atoms with van der Waals surface area (Å²) in [7, 11) is 0. The maximum Gasteiger partial charge on any atom is 0.287 e. The van der Waals surface area contributed by atoms with E-state index >= 15 is 0 Å². The number of benzene rings is 1. The Hall–Kier alpha value is -2.66. The van der Waals surface area contributed by atoms with Crippen molar-refractivity contribution in [2.45, 2.75) is 19.5 Å². The Morgan fingerprint density at radius 2 is 1.92 bits per heavy atom. The van der Waals surface area contributed by atoms with Crippen molar-refractivity contribution in [1.29, 1.82) is 0 Å². The van der Waals surface area contributed by atoms with Crippen molar-refractivity contribution in [2.24, 2.45) is 0 Å². The molecule has 1 N–H and O–H groups in total. The molecule has 0 aliphatic rings. The van der Waals surface area contributed by atoms with Crippen molar-refractivity contribution in [3.05, 3.63) is 87.6 Å². The van der Waals surface area contributed by atoms with Gasteiger partial charge in [-0.3, -0.25) is 9.78 Å². The van der Waals surface area contributed by atoms with Crippen LogP contribution in [0.1, 0.15) is 24.2 Å². The highest BCUT2D eigenvalue weighted by Gasteiger charge is 2.13. The summed E-state index contributed by atoms with van der Waals surface area (Å²) in [6.07, 6.45) is 3.30. The molecule has 0 aliphatic carbocycles. The van der Waals surface area contributed by atoms with Crippen molar-refractivity contribution in [2.75, 3.05) is 5.32 Å². The first-order valence-electron chi connectivity index (χ1n) is 7.62. The molecule has 0 saturated carbocycles. The average molecular weight is 341 g/mol. The Balaban J connectivity index is 1.81. The zero-order valence-electron chi connectivity index (χ0n) is 13.2. The number of anilines is 1. The second kappa shape index (κ2) is 7.27. The van der Waals surface area contributed by atoms with Crippen LogP contribution in [0.3, 0.4) is 0 Å². The van der Waals surface area contributed by atoms with Crippen LogP contribution in [-0.2, 0) is 6.54 Å². The zero-order valence-corrected chi connectivity index (χ0v) is 13.9. The number of halogens is 1. The van der Waals surface area contributed by atoms with Crippen LogP contribution in [0.5, 0.6) is 0 Å². The molecule has 3 rings (SSSR count). The molecule has 2 heterocycles. The Bertz CT molecular complexity index is 865. The normalized spacial score (nSPS) is 11.9. The van der Waals surface area contributed by atoms with Gasteiger partial charge in [0.25, 0.3) is 5.56 Å². The van der Waals surface area contributed by atoms with E-state index in [1.807, 2.05) is 55.5 Å². The fraction of sp³-hybridized carbons (Fsp3) is 0.167. The smallest absolute Gasteiger partial charge is 0.287 e. The summed E-state index contributed by atoms with van der Waals surface area (Å²) in [6.45, 7) is 2.34. The highest BCUT2D eigenvalue weighted by atomic mass is 35.5. The Morgan fingerprint density at radius 1 is 1.17 bits per heavy atom. The number of rotatable bonds is 5. The molecule has 1 aromatic carbocycles. The Kier molecular flexibility index (Phi) is 4.91. The Labute approximate surface area is 144 Å². The van der Waals surface area contributed by atoms with Crippen molar-refractivity contribution >= 4 is 17.3 Å². The molecule has 0 saturated heterocycles. The van der Waals surface area contributed by atoms with Crippen molar-refractivity contribution < 1.29 is 0 Å². The molecule has 0 radical (unpaired) electrons. The summed E-state index contributed by atoms with van der Waals surface area (Å²) in [6, 6.07) is 15.3. The first-order valence-corrected chi connectivity index (χ1v) is 8.00. The molecule has 6 heteroatoms. The maximum atomic E-state index is 12.4. The monoisotopic (exact) mass is 340 g/mol. The SMILES string of the molecule is CC(Nc1cnn(Cc2ccccc2)c(=O)c1Cl)c1ccccn1. The molecule has 0 aliphatic heterocycles. The van der Waals surface area contributed by atoms with Gasteiger partial charge in [-0.2, -0.15) is 5.10 Å². The van der Waals surface area contributed by atoms with Crippen LogP contribution in [0.15, 0.2) is 65.7 Å². The van der Waals surface area contributed by atoms with Crippen LogP contribution in [0.2, 0.25) is 5.02 Å². The van der Waals surface area contributed by atoms with Gasteiger partial charge < -0.3 is 5.32 Å². The molecule has 0 fully saturated rings. The molecule has 1 unspecified atom stereocenters. The number of nitrogens with zero attached hydrogens (tertiary/aromatic N) is 3. The third-order valence-electron chi connectivity index (χ3n) is 3.66. The lowest BCUT2D eigenvalue weighted by Crippen LogP contribution is -2.25. The third kappa shape index (κ3) is 3.63. The topological polar surface area (TPSA) is 59.8 Å². The van der Waals surface area contributed by atoms with E-state index in [0.29, 0.717) is 12.2 Å². The molecular formula is C18H17ClN4O. The molecule has 122 valence electrons. The molecular weight excluding hydrogens is 324 g/mol. The molecule has 0 spiro atoms. The number of pyridine rings is 1. The van der Waals surface area contributed by atoms with E-state index in [1.165, 1.54) is 4.68 Å². The standard InChI is InChI=1S/C18H17ClN4O/c1-13(15-9-5-6-10-20-15)22-16-11-21-23(18(24)17(16)19)12-14-7-3-2-4-8-14/h2-11,13,22H,12H2,1H3. The molecule has 24 heavy (non-hydrogen) atoms. The molecule has 5 nitrogen and oxygen atoms in total. The highest BCUT2D eigenvalue weighted by molar-refractivity contribution is 6.32. The summed E-state index contributed by atoms with van der Waals surface area (Å²) in [5, 5.41) is 7.53. The van der Waals surface area contributed by atoms with Gasteiger partial charge >= 0.3 is 0 Å². The van der Waals surface area contributed by atoms with E-state index in [4.69, 9.17) is 11.6 Å². The largest absolute Gasteiger partial charge is 0.374 e. The van der Waals surface area contributed by atoms with Gasteiger partial charge in [-0.25, -0.2) is 4.68 Å². The summed E-state index contributed by atoms with van der Waals surface area (Å²) >= 11 is 6.24. The van der Waals surface area contributed by atoms with Gasteiger partial charge in [0.2, 0.25) is 0 Å². The van der Waals surface area contributed by atoms with E-state index in [-0.39, 0.29) is 16.6 Å². The molecule has 3 aromatic rings. The minimum absolute atomic E-state index is 0.0881. The Morgan fingerprint density at radius 3 is 2.62 bits per heavy atom. The van der Waals surface area contributed by atoms with Crippen LogP contribution < -0.4 is 10.9 Å². The third-order valence-corrected chi connectivity index (χ3v) is 4.03. The number of hydrogen-bond donors (Lipinski definition) is 1. The maximum absolute atomic E-state index is 12.4. The van der Waals surface area contributed by atoms with Gasteiger partial charge in [0.15, 0.2) is 0 Å². The first kappa shape index (κ1) is 16.2. The van der Waals surface area contributed by atoms with E-state index < -0.39 is 0 Å². The predicted octanol–water partition coefficient (Wildman–Crippen LogP) is 3.51. The zero-order chi connectivity index (χ0) is 16.9. The summed E-state index contributed by atoms with van der Waals surface area (Å²) in [5.74, 6) is 0. The van der Waals surface area contributed by atoms with Crippen molar-refractivity contribution in [1.82, 2.24) is 14.8 Å². The molecule has 0 amide bonds. The second-order valence-electron chi connectivity index (χ2n) is 5.44. The lowest BCUT2D eigenvalue weighted by molar-refractivity contribution is 0.639. The van der Waals surface area contributed by atoms with Crippen LogP contribution in [0.4, 0.5) is 5.69 Å². The molecule has 1 atom stereocenters. The van der Waals surface area contributed by atoms with E-state index in [2.05, 4.69) is 15.4 Å². The quantitative estimate of drug-likeness (QED) is 0.772. The second-order valence-corrected chi connectivity index (χ2v) is 5.82. The van der Waals surface area contributed by atoms with Gasteiger partial charge in [-0.15, -0.1) is 0 Å². The summed E-state index contributed by atoms with van der Waals surface area (Å²) in [5.41, 5.74) is 2.04. The van der Waals surface area contributed by atoms with Gasteiger partial charge in [0, 0.05) is 6.20 Å². The van der Waals surface area contributed by atoms with Gasteiger partial charge in [-0.1, -0.05) is 48.0 Å². The summed E-state index contributed by atoms with van der Waals surface area (Å²) < 4.78 is 1.36. The number of hydrogen-bond acceptors (Lipinski definition) is 4. The van der Waals surface area contributed by atoms with Gasteiger partial charge in [0.1, 0.15) is 5.02 Å². The van der Waals surface area contributed by atoms with Crippen LogP contribution in [0.25, 0.3) is 0 Å². The van der Waals surface area contributed by atoms with E-state index in [0.717, 1.165) is 11.3 Å². The van der Waals surface area contributed by atoms with E-state index in [9.17, 15) is 4.79 Å². The lowest BCUT2D eigenvalue weighted by atomic mass is 10.2. The van der Waals surface area contributed by atoms with Crippen molar-refractivity contribution in [3.8, 4) is 0 Å². The molecule has 0 bridgehead atoms. The predicted molar refractivity (Wildman–Crippen MR) is 95.3 cm³/mol. The first-order chi connectivity index (χ1) is 11.6. The minimum atomic E-state index is -0.321. The van der Waals surface area contributed by atoms with Gasteiger partial charge in [-0.05, 0) is 24.6 Å². The van der Waals surface area contributed by atoms with E-state index in [1.54, 1.807) is 12.4 Å². The molecule has 2 aromatic heterocycles. The lowest BCUT2D eigenvalue weighted by Gasteiger charge is -2.16. The number of nitrogens with one attached hydrogen (secondary N) is 1. The average Bonchev–Trinajstić information content (AvgIpc) is 2.63. The fourth-order valence-corrected chi connectivity index (χ4v) is 2.57. The van der Waals surface area contributed by atoms with Crippen molar-refractivity contribution in [3.63, 3.8) is 0 Å².